The van der Waals surface area contributed by atoms with Gasteiger partial charge in [0.05, 0.1) is 0 Å². The number of hydrogen-bond acceptors (Lipinski definition) is 0. The Morgan fingerprint density at radius 2 is 0.379 bits per heavy atom. The second-order valence-corrected chi connectivity index (χ2v) is 36.7. The SMILES string of the molecule is Cc1ccc2c(c1)C1(CCC(C)CC1)c1cc(C)ccc1-2.Cc1ccc2c(c1)C1(CCCCCCCCCCCCCC1)c1cc(C)ccc1-2.Cc1ccc2c(c1)C1(CCCCCCCCCCCCCC1)c1cc(C)ccc1-2.Cc1ccc2c(c1)C1(c3cc(C)ccc3-2)C(C)(C)CCCC1(C)C. The van der Waals surface area contributed by atoms with Crippen LogP contribution >= 0.6 is 0 Å². The first-order valence-electron chi connectivity index (χ1n) is 42.6. The molecule has 0 heterocycles. The average molecular weight is 1370 g/mol. The summed E-state index contributed by atoms with van der Waals surface area (Å²) in [6.07, 6.45) is 48.9. The van der Waals surface area contributed by atoms with Gasteiger partial charge in [-0.15, -0.1) is 0 Å². The van der Waals surface area contributed by atoms with Crippen LogP contribution in [0.1, 0.15) is 348 Å². The van der Waals surface area contributed by atoms with Crippen LogP contribution in [0.4, 0.5) is 0 Å². The summed E-state index contributed by atoms with van der Waals surface area (Å²) < 4.78 is 0. The van der Waals surface area contributed by atoms with Crippen molar-refractivity contribution in [2.45, 2.75) is 336 Å². The molecule has 8 aliphatic carbocycles. The lowest BCUT2D eigenvalue weighted by molar-refractivity contribution is 0.00868. The molecule has 0 aliphatic heterocycles. The van der Waals surface area contributed by atoms with E-state index in [0.29, 0.717) is 5.41 Å². The molecule has 16 rings (SSSR count). The molecule has 4 spiro atoms. The number of rotatable bonds is 0. The van der Waals surface area contributed by atoms with Crippen LogP contribution in [0.25, 0.3) is 44.5 Å². The van der Waals surface area contributed by atoms with Gasteiger partial charge in [0, 0.05) is 21.7 Å². The zero-order valence-electron chi connectivity index (χ0n) is 67.2. The highest BCUT2D eigenvalue weighted by molar-refractivity contribution is 5.86. The second kappa shape index (κ2) is 32.1. The molecule has 0 atom stereocenters. The van der Waals surface area contributed by atoms with E-state index in [2.05, 4.69) is 236 Å². The van der Waals surface area contributed by atoms with Crippen LogP contribution in [0.15, 0.2) is 146 Å². The quantitative estimate of drug-likeness (QED) is 0.142. The van der Waals surface area contributed by atoms with Crippen LogP contribution in [0.2, 0.25) is 0 Å². The standard InChI is InChI=1S/2C29H40.C24H30.C21H24/c2*1-23-15-17-25-26-18-16-24(2)22-28(26)29(27(25)21-23)19-13-11-9-7-5-3-4-6-8-10-12-14-20-29;1-16-8-10-18-19-11-9-17(2)15-21(19)24(20(18)14-16)22(3,4)12-7-13-23(24,5)6;1-14-8-10-21(11-9-14)19-12-15(2)4-6-17(19)18-7-5-16(3)13-20(18)21/h2*15-18,21-22H,3-14,19-20H2,1-2H3;8-11,14-15H,7,12-13H2,1-6H3;4-7,12-14H,8-11H2,1-3H3. The highest BCUT2D eigenvalue weighted by Gasteiger charge is 2.62. The number of fused-ring (bicyclic) bond motifs is 20. The molecule has 8 aromatic carbocycles. The molecule has 8 aliphatic rings. The van der Waals surface area contributed by atoms with Gasteiger partial charge in [-0.2, -0.15) is 0 Å². The maximum atomic E-state index is 2.53. The molecule has 0 radical (unpaired) electrons. The molecule has 4 fully saturated rings. The molecule has 0 amide bonds. The van der Waals surface area contributed by atoms with E-state index >= 15 is 0 Å². The lowest BCUT2D eigenvalue weighted by atomic mass is 9.44. The third-order valence-electron chi connectivity index (χ3n) is 28.1. The maximum Gasteiger partial charge on any atom is 0.0317 e. The Morgan fingerprint density at radius 3 is 0.592 bits per heavy atom. The van der Waals surface area contributed by atoms with Crippen molar-refractivity contribution in [1.82, 2.24) is 0 Å². The van der Waals surface area contributed by atoms with Crippen molar-refractivity contribution in [3.63, 3.8) is 0 Å². The van der Waals surface area contributed by atoms with E-state index in [1.165, 1.54) is 314 Å². The molecular formula is C103H134. The predicted octanol–water partition coefficient (Wildman–Crippen LogP) is 30.7. The Morgan fingerprint density at radius 1 is 0.204 bits per heavy atom. The molecule has 0 nitrogen and oxygen atoms in total. The Bertz CT molecular complexity index is 3830. The van der Waals surface area contributed by atoms with Crippen LogP contribution in [-0.2, 0) is 21.7 Å². The molecule has 0 saturated heterocycles. The fourth-order valence-electron chi connectivity index (χ4n) is 22.8. The molecule has 0 bridgehead atoms. The van der Waals surface area contributed by atoms with Gasteiger partial charge in [0.2, 0.25) is 0 Å². The lowest BCUT2D eigenvalue weighted by Crippen LogP contribution is -2.55. The molecular weight excluding hydrogens is 1240 g/mol. The van der Waals surface area contributed by atoms with Crippen LogP contribution in [0, 0.1) is 72.1 Å². The summed E-state index contributed by atoms with van der Waals surface area (Å²) in [5.74, 6) is 0.887. The van der Waals surface area contributed by atoms with Gasteiger partial charge < -0.3 is 0 Å². The van der Waals surface area contributed by atoms with Gasteiger partial charge in [0.1, 0.15) is 0 Å². The van der Waals surface area contributed by atoms with Gasteiger partial charge in [-0.25, -0.2) is 0 Å². The molecule has 546 valence electrons. The number of benzene rings is 8. The van der Waals surface area contributed by atoms with E-state index in [1.54, 1.807) is 44.5 Å². The third-order valence-corrected chi connectivity index (χ3v) is 28.1. The summed E-state index contributed by atoms with van der Waals surface area (Å²) in [6, 6.07) is 57.4. The third kappa shape index (κ3) is 14.9. The van der Waals surface area contributed by atoms with Gasteiger partial charge >= 0.3 is 0 Å². The minimum Gasteiger partial charge on any atom is -0.0625 e. The smallest absolute Gasteiger partial charge is 0.0317 e. The van der Waals surface area contributed by atoms with Crippen molar-refractivity contribution in [2.24, 2.45) is 16.7 Å². The van der Waals surface area contributed by atoms with Crippen molar-refractivity contribution in [3.05, 3.63) is 235 Å². The van der Waals surface area contributed by atoms with E-state index < -0.39 is 0 Å². The normalized spacial score (nSPS) is 20.7. The summed E-state index contributed by atoms with van der Waals surface area (Å²) in [6.45, 7) is 30.5. The van der Waals surface area contributed by atoms with E-state index in [-0.39, 0.29) is 27.1 Å². The number of aryl methyl sites for hydroxylation is 8. The zero-order valence-corrected chi connectivity index (χ0v) is 67.2. The summed E-state index contributed by atoms with van der Waals surface area (Å²) in [4.78, 5) is 0. The fraction of sp³-hybridized carbons (Fsp3) is 0.534. The minimum absolute atomic E-state index is 0.112. The Labute approximate surface area is 628 Å². The first kappa shape index (κ1) is 75.0. The lowest BCUT2D eigenvalue weighted by Gasteiger charge is -2.59. The average Bonchev–Trinajstić information content (AvgIpc) is 1.55. The van der Waals surface area contributed by atoms with Crippen LogP contribution in [-0.4, -0.2) is 0 Å². The molecule has 0 unspecified atom stereocenters. The zero-order chi connectivity index (χ0) is 72.2. The Balaban J connectivity index is 0.000000123. The highest BCUT2D eigenvalue weighted by Crippen LogP contribution is 2.70. The van der Waals surface area contributed by atoms with Gasteiger partial charge in [-0.1, -0.05) is 385 Å². The van der Waals surface area contributed by atoms with E-state index in [9.17, 15) is 0 Å². The predicted molar refractivity (Wildman–Crippen MR) is 447 cm³/mol. The van der Waals surface area contributed by atoms with Crippen LogP contribution in [0.5, 0.6) is 0 Å². The summed E-state index contributed by atoms with van der Waals surface area (Å²) >= 11 is 0. The molecule has 0 N–H and O–H groups in total. The molecule has 0 aromatic heterocycles. The fourth-order valence-corrected chi connectivity index (χ4v) is 22.8. The summed E-state index contributed by atoms with van der Waals surface area (Å²) in [5.41, 5.74) is 37.6. The highest BCUT2D eigenvalue weighted by atomic mass is 14.6. The molecule has 8 aromatic rings. The first-order chi connectivity index (χ1) is 49.7. The largest absolute Gasteiger partial charge is 0.0625 e. The van der Waals surface area contributed by atoms with E-state index in [1.807, 2.05) is 0 Å². The van der Waals surface area contributed by atoms with Gasteiger partial charge in [0.25, 0.3) is 0 Å². The second-order valence-electron chi connectivity index (χ2n) is 36.7. The van der Waals surface area contributed by atoms with Gasteiger partial charge in [-0.3, -0.25) is 0 Å². The van der Waals surface area contributed by atoms with Crippen LogP contribution < -0.4 is 0 Å². The van der Waals surface area contributed by atoms with Crippen LogP contribution in [0.3, 0.4) is 0 Å². The molecule has 0 heteroatoms. The molecule has 4 saturated carbocycles. The Kier molecular flexibility index (Phi) is 23.4. The summed E-state index contributed by atoms with van der Waals surface area (Å²) in [7, 11) is 0. The monoisotopic (exact) mass is 1370 g/mol. The van der Waals surface area contributed by atoms with Gasteiger partial charge in [-0.05, 0) is 225 Å². The van der Waals surface area contributed by atoms with E-state index in [0.717, 1.165) is 5.92 Å². The van der Waals surface area contributed by atoms with Crippen molar-refractivity contribution < 1.29 is 0 Å². The maximum absolute atomic E-state index is 2.53. The van der Waals surface area contributed by atoms with Crippen molar-refractivity contribution >= 4 is 0 Å². The minimum atomic E-state index is 0.112. The van der Waals surface area contributed by atoms with E-state index in [4.69, 9.17) is 0 Å². The van der Waals surface area contributed by atoms with Crippen molar-refractivity contribution in [1.29, 1.82) is 0 Å². The topological polar surface area (TPSA) is 0 Å². The molecule has 103 heavy (non-hydrogen) atoms. The number of hydrogen-bond donors (Lipinski definition) is 0. The van der Waals surface area contributed by atoms with Crippen molar-refractivity contribution in [2.75, 3.05) is 0 Å². The Hall–Kier alpha value is -6.24. The van der Waals surface area contributed by atoms with Crippen molar-refractivity contribution in [3.8, 4) is 44.5 Å². The van der Waals surface area contributed by atoms with Gasteiger partial charge in [0.15, 0.2) is 0 Å². The summed E-state index contributed by atoms with van der Waals surface area (Å²) in [5, 5.41) is 0. The first-order valence-corrected chi connectivity index (χ1v) is 42.6.